The first-order valence-corrected chi connectivity index (χ1v) is 6.83. The maximum atomic E-state index is 10.9. The van der Waals surface area contributed by atoms with Gasteiger partial charge in [-0.15, -0.1) is 0 Å². The van der Waals surface area contributed by atoms with E-state index in [1.165, 1.54) is 20.0 Å². The second kappa shape index (κ2) is 5.62. The van der Waals surface area contributed by atoms with Gasteiger partial charge in [0.15, 0.2) is 0 Å². The molecular formula is C9H11NO4S2-2. The highest BCUT2D eigenvalue weighted by Gasteiger charge is 2.17. The zero-order valence-corrected chi connectivity index (χ0v) is 10.4. The van der Waals surface area contributed by atoms with Crippen molar-refractivity contribution in [3.05, 3.63) is 29.6 Å². The van der Waals surface area contributed by atoms with Crippen LogP contribution in [0.5, 0.6) is 0 Å². The molecule has 1 heterocycles. The summed E-state index contributed by atoms with van der Waals surface area (Å²) in [5, 5.41) is -1.59. The molecular weight excluding hydrogens is 250 g/mol. The maximum absolute atomic E-state index is 10.9. The lowest BCUT2D eigenvalue weighted by atomic mass is 10.1. The lowest BCUT2D eigenvalue weighted by Crippen LogP contribution is -2.11. The summed E-state index contributed by atoms with van der Waals surface area (Å²) in [5.41, 5.74) is 0.708. The van der Waals surface area contributed by atoms with Crippen molar-refractivity contribution in [1.82, 2.24) is 4.98 Å². The molecule has 5 nitrogen and oxygen atoms in total. The molecule has 0 amide bonds. The highest BCUT2D eigenvalue weighted by atomic mass is 32.2. The molecule has 0 saturated heterocycles. The fraction of sp³-hybridized carbons (Fsp3) is 0.444. The average Bonchev–Trinajstić information content (AvgIpc) is 2.26. The van der Waals surface area contributed by atoms with E-state index in [1.54, 1.807) is 12.1 Å². The Labute approximate surface area is 98.9 Å². The molecule has 7 heteroatoms. The first-order valence-electron chi connectivity index (χ1n) is 4.56. The van der Waals surface area contributed by atoms with Crippen molar-refractivity contribution in [3.63, 3.8) is 0 Å². The standard InChI is InChI=1S/C9H13NO4S2/c1-6(15(11)12)8-4-3-5-10-9(8)7(2)16(13)14/h3-7H,1-2H3,(H,11,12)(H,13,14)/p-2. The predicted octanol–water partition coefficient (Wildman–Crippen LogP) is 0.962. The van der Waals surface area contributed by atoms with Gasteiger partial charge in [-0.1, -0.05) is 6.07 Å². The molecule has 1 aromatic heterocycles. The number of nitrogens with zero attached hydrogens (tertiary/aromatic N) is 1. The summed E-state index contributed by atoms with van der Waals surface area (Å²) in [4.78, 5) is 3.94. The van der Waals surface area contributed by atoms with Crippen molar-refractivity contribution in [3.8, 4) is 0 Å². The molecule has 0 fully saturated rings. The molecule has 0 bridgehead atoms. The lowest BCUT2D eigenvalue weighted by molar-refractivity contribution is 0.520. The lowest BCUT2D eigenvalue weighted by Gasteiger charge is -2.22. The first kappa shape index (κ1) is 13.4. The number of rotatable bonds is 4. The summed E-state index contributed by atoms with van der Waals surface area (Å²) in [7, 11) is 0. The van der Waals surface area contributed by atoms with Crippen LogP contribution < -0.4 is 0 Å². The average molecular weight is 261 g/mol. The van der Waals surface area contributed by atoms with Gasteiger partial charge in [-0.05, 0) is 47.6 Å². The van der Waals surface area contributed by atoms with E-state index in [-0.39, 0.29) is 5.69 Å². The summed E-state index contributed by atoms with van der Waals surface area (Å²) in [5.74, 6) is 0. The van der Waals surface area contributed by atoms with E-state index in [9.17, 15) is 17.5 Å². The SMILES string of the molecule is CC(c1cccnc1C(C)S(=O)[O-])S(=O)[O-]. The van der Waals surface area contributed by atoms with E-state index in [0.29, 0.717) is 5.56 Å². The third-order valence-corrected chi connectivity index (χ3v) is 3.90. The molecule has 1 aromatic rings. The van der Waals surface area contributed by atoms with Crippen LogP contribution in [0.25, 0.3) is 0 Å². The summed E-state index contributed by atoms with van der Waals surface area (Å²) in [6.45, 7) is 2.96. The minimum atomic E-state index is -2.31. The number of hydrogen-bond acceptors (Lipinski definition) is 5. The Balaban J connectivity index is 3.19. The second-order valence-corrected chi connectivity index (χ2v) is 5.74. The van der Waals surface area contributed by atoms with Gasteiger partial charge in [0.1, 0.15) is 0 Å². The van der Waals surface area contributed by atoms with Gasteiger partial charge in [-0.25, -0.2) is 0 Å². The number of hydrogen-bond donors (Lipinski definition) is 0. The van der Waals surface area contributed by atoms with E-state index in [0.717, 1.165) is 0 Å². The molecule has 0 aliphatic heterocycles. The fourth-order valence-electron chi connectivity index (χ4n) is 1.31. The Hall–Kier alpha value is -0.630. The minimum absolute atomic E-state index is 0.285. The van der Waals surface area contributed by atoms with Gasteiger partial charge in [-0.3, -0.25) is 13.4 Å². The van der Waals surface area contributed by atoms with Gasteiger partial charge in [0.05, 0.1) is 10.9 Å². The number of pyridine rings is 1. The number of aromatic nitrogens is 1. The zero-order chi connectivity index (χ0) is 12.3. The Morgan fingerprint density at radius 3 is 2.25 bits per heavy atom. The van der Waals surface area contributed by atoms with Crippen molar-refractivity contribution in [1.29, 1.82) is 0 Å². The quantitative estimate of drug-likeness (QED) is 0.752. The fourth-order valence-corrected chi connectivity index (χ4v) is 2.09. The van der Waals surface area contributed by atoms with E-state index in [2.05, 4.69) is 4.98 Å². The Kier molecular flexibility index (Phi) is 4.72. The molecule has 4 atom stereocenters. The highest BCUT2D eigenvalue weighted by molar-refractivity contribution is 7.79. The van der Waals surface area contributed by atoms with Gasteiger partial charge in [0.2, 0.25) is 0 Å². The van der Waals surface area contributed by atoms with Gasteiger partial charge in [0, 0.05) is 11.4 Å². The van der Waals surface area contributed by atoms with E-state index < -0.39 is 32.7 Å². The van der Waals surface area contributed by atoms with Gasteiger partial charge >= 0.3 is 0 Å². The van der Waals surface area contributed by atoms with Crippen molar-refractivity contribution in [2.45, 2.75) is 24.3 Å². The van der Waals surface area contributed by atoms with E-state index >= 15 is 0 Å². The monoisotopic (exact) mass is 261 g/mol. The zero-order valence-electron chi connectivity index (χ0n) is 8.78. The smallest absolute Gasteiger partial charge is 0.0612 e. The van der Waals surface area contributed by atoms with Crippen LogP contribution >= 0.6 is 0 Å². The van der Waals surface area contributed by atoms with Crippen molar-refractivity contribution < 1.29 is 17.5 Å². The normalized spacial score (nSPS) is 18.8. The van der Waals surface area contributed by atoms with Crippen LogP contribution in [-0.2, 0) is 22.2 Å². The largest absolute Gasteiger partial charge is 0.772 e. The molecule has 90 valence electrons. The molecule has 0 aromatic carbocycles. The van der Waals surface area contributed by atoms with Gasteiger partial charge < -0.3 is 9.11 Å². The molecule has 16 heavy (non-hydrogen) atoms. The van der Waals surface area contributed by atoms with Crippen LogP contribution in [0.2, 0.25) is 0 Å². The van der Waals surface area contributed by atoms with Crippen LogP contribution in [0.3, 0.4) is 0 Å². The summed E-state index contributed by atoms with van der Waals surface area (Å²) in [6.07, 6.45) is 1.45. The van der Waals surface area contributed by atoms with E-state index in [1.807, 2.05) is 0 Å². The Morgan fingerprint density at radius 2 is 1.75 bits per heavy atom. The molecule has 0 aliphatic carbocycles. The summed E-state index contributed by atoms with van der Waals surface area (Å²) in [6, 6.07) is 3.16. The van der Waals surface area contributed by atoms with Gasteiger partial charge in [0.25, 0.3) is 0 Å². The molecule has 1 rings (SSSR count). The molecule has 0 radical (unpaired) electrons. The van der Waals surface area contributed by atoms with E-state index in [4.69, 9.17) is 0 Å². The molecule has 0 saturated carbocycles. The topological polar surface area (TPSA) is 93.2 Å². The highest BCUT2D eigenvalue weighted by Crippen LogP contribution is 2.27. The first-order chi connectivity index (χ1) is 7.45. The molecule has 4 unspecified atom stereocenters. The third kappa shape index (κ3) is 2.94. The Morgan fingerprint density at radius 1 is 1.19 bits per heavy atom. The maximum Gasteiger partial charge on any atom is 0.0612 e. The molecule has 0 N–H and O–H groups in total. The molecule has 0 aliphatic rings. The van der Waals surface area contributed by atoms with Crippen LogP contribution in [-0.4, -0.2) is 22.5 Å². The summed E-state index contributed by atoms with van der Waals surface area (Å²) >= 11 is -4.61. The summed E-state index contributed by atoms with van der Waals surface area (Å²) < 4.78 is 43.4. The van der Waals surface area contributed by atoms with Crippen molar-refractivity contribution in [2.24, 2.45) is 0 Å². The Bertz CT molecular complexity index is 385. The second-order valence-electron chi connectivity index (χ2n) is 3.28. The van der Waals surface area contributed by atoms with Crippen molar-refractivity contribution in [2.75, 3.05) is 0 Å². The van der Waals surface area contributed by atoms with Crippen LogP contribution in [0.1, 0.15) is 35.6 Å². The molecule has 0 spiro atoms. The van der Waals surface area contributed by atoms with Crippen molar-refractivity contribution >= 4 is 22.2 Å². The predicted molar refractivity (Wildman–Crippen MR) is 58.9 cm³/mol. The van der Waals surface area contributed by atoms with Crippen LogP contribution in [0, 0.1) is 0 Å². The third-order valence-electron chi connectivity index (χ3n) is 2.27. The van der Waals surface area contributed by atoms with Gasteiger partial charge in [-0.2, -0.15) is 0 Å². The minimum Gasteiger partial charge on any atom is -0.772 e. The van der Waals surface area contributed by atoms with Crippen LogP contribution in [0.15, 0.2) is 18.3 Å². The van der Waals surface area contributed by atoms with Crippen LogP contribution in [0.4, 0.5) is 0 Å².